The third kappa shape index (κ3) is 4.18. The highest BCUT2D eigenvalue weighted by molar-refractivity contribution is 7.18. The molecular weight excluding hydrogens is 418 g/mol. The second kappa shape index (κ2) is 8.89. The summed E-state index contributed by atoms with van der Waals surface area (Å²) >= 11 is 7.96. The smallest absolute Gasteiger partial charge is 0.124 e. The van der Waals surface area contributed by atoms with E-state index in [1.165, 1.54) is 21.6 Å². The van der Waals surface area contributed by atoms with Crippen LogP contribution in [0.5, 0.6) is 0 Å². The van der Waals surface area contributed by atoms with Crippen molar-refractivity contribution >= 4 is 22.9 Å². The van der Waals surface area contributed by atoms with Gasteiger partial charge >= 0.3 is 0 Å². The molecule has 0 radical (unpaired) electrons. The lowest BCUT2D eigenvalue weighted by Gasteiger charge is -2.18. The molecule has 0 saturated heterocycles. The predicted octanol–water partition coefficient (Wildman–Crippen LogP) is 8.31. The van der Waals surface area contributed by atoms with Crippen LogP contribution in [0.4, 0.5) is 0 Å². The van der Waals surface area contributed by atoms with E-state index < -0.39 is 0 Å². The summed E-state index contributed by atoms with van der Waals surface area (Å²) in [6, 6.07) is 39.7. The minimum atomic E-state index is 0.0161. The fourth-order valence-corrected chi connectivity index (χ4v) is 5.08. The minimum absolute atomic E-state index is 0.0161. The van der Waals surface area contributed by atoms with Gasteiger partial charge in [-0.05, 0) is 28.8 Å². The maximum Gasteiger partial charge on any atom is 0.124 e. The first kappa shape index (κ1) is 19.7. The van der Waals surface area contributed by atoms with Gasteiger partial charge in [0.1, 0.15) is 5.01 Å². The van der Waals surface area contributed by atoms with Crippen LogP contribution in [0.15, 0.2) is 115 Å². The molecule has 0 aliphatic rings. The Hall–Kier alpha value is -3.20. The Balaban J connectivity index is 1.75. The van der Waals surface area contributed by atoms with E-state index in [0.29, 0.717) is 0 Å². The minimum Gasteiger partial charge on any atom is -0.239 e. The summed E-state index contributed by atoms with van der Waals surface area (Å²) in [4.78, 5) is 6.42. The topological polar surface area (TPSA) is 12.9 Å². The third-order valence-electron chi connectivity index (χ3n) is 5.32. The first-order valence-electron chi connectivity index (χ1n) is 10.2. The lowest BCUT2D eigenvalue weighted by molar-refractivity contribution is 0.937. The van der Waals surface area contributed by atoms with E-state index in [1.54, 1.807) is 11.3 Å². The number of aromatic nitrogens is 1. The first-order valence-corrected chi connectivity index (χ1v) is 11.4. The van der Waals surface area contributed by atoms with Gasteiger partial charge in [-0.3, -0.25) is 0 Å². The SMILES string of the molecule is Clc1ccc(C(c2ccccc2)c2nc(-c3ccccc3)sc2-c2ccccc2)cc1. The van der Waals surface area contributed by atoms with Crippen molar-refractivity contribution in [1.29, 1.82) is 0 Å². The average molecular weight is 438 g/mol. The Morgan fingerprint density at radius 2 is 1.10 bits per heavy atom. The van der Waals surface area contributed by atoms with Crippen molar-refractivity contribution in [2.45, 2.75) is 5.92 Å². The molecule has 0 aliphatic heterocycles. The highest BCUT2D eigenvalue weighted by atomic mass is 35.5. The molecule has 1 unspecified atom stereocenters. The van der Waals surface area contributed by atoms with Crippen LogP contribution in [0.2, 0.25) is 5.02 Å². The summed E-state index contributed by atoms with van der Waals surface area (Å²) < 4.78 is 0. The van der Waals surface area contributed by atoms with E-state index >= 15 is 0 Å². The van der Waals surface area contributed by atoms with E-state index in [9.17, 15) is 0 Å². The van der Waals surface area contributed by atoms with Crippen molar-refractivity contribution < 1.29 is 0 Å². The Kier molecular flexibility index (Phi) is 5.66. The molecule has 0 spiro atoms. The van der Waals surface area contributed by atoms with Crippen molar-refractivity contribution in [3.63, 3.8) is 0 Å². The zero-order valence-corrected chi connectivity index (χ0v) is 18.4. The lowest BCUT2D eigenvalue weighted by atomic mass is 9.87. The highest BCUT2D eigenvalue weighted by Gasteiger charge is 2.25. The van der Waals surface area contributed by atoms with Crippen LogP contribution in [0, 0.1) is 0 Å². The van der Waals surface area contributed by atoms with Gasteiger partial charge in [-0.2, -0.15) is 0 Å². The van der Waals surface area contributed by atoms with Crippen LogP contribution < -0.4 is 0 Å². The van der Waals surface area contributed by atoms with E-state index in [1.807, 2.05) is 18.2 Å². The number of halogens is 1. The van der Waals surface area contributed by atoms with Crippen LogP contribution in [0.25, 0.3) is 21.0 Å². The third-order valence-corrected chi connectivity index (χ3v) is 6.74. The monoisotopic (exact) mass is 437 g/mol. The van der Waals surface area contributed by atoms with Gasteiger partial charge < -0.3 is 0 Å². The van der Waals surface area contributed by atoms with Crippen molar-refractivity contribution in [2.75, 3.05) is 0 Å². The number of rotatable bonds is 5. The van der Waals surface area contributed by atoms with E-state index in [4.69, 9.17) is 16.6 Å². The average Bonchev–Trinajstić information content (AvgIpc) is 3.27. The summed E-state index contributed by atoms with van der Waals surface area (Å²) in [7, 11) is 0. The molecule has 1 heterocycles. The predicted molar refractivity (Wildman–Crippen MR) is 132 cm³/mol. The second-order valence-electron chi connectivity index (χ2n) is 7.36. The van der Waals surface area contributed by atoms with Gasteiger partial charge in [0.05, 0.1) is 16.5 Å². The van der Waals surface area contributed by atoms with Gasteiger partial charge in [-0.15, -0.1) is 11.3 Å². The maximum atomic E-state index is 6.21. The molecule has 0 saturated carbocycles. The van der Waals surface area contributed by atoms with Crippen molar-refractivity contribution in [1.82, 2.24) is 4.98 Å². The molecular formula is C28H20ClNS. The molecule has 1 aromatic heterocycles. The van der Waals surface area contributed by atoms with Gasteiger partial charge in [0, 0.05) is 10.6 Å². The Bertz CT molecular complexity index is 1260. The molecule has 3 heteroatoms. The normalized spacial score (nSPS) is 11.9. The zero-order valence-electron chi connectivity index (χ0n) is 16.8. The number of nitrogens with zero attached hydrogens (tertiary/aromatic N) is 1. The number of benzene rings is 4. The largest absolute Gasteiger partial charge is 0.239 e. The summed E-state index contributed by atoms with van der Waals surface area (Å²) in [5.74, 6) is 0.0161. The van der Waals surface area contributed by atoms with Crippen LogP contribution in [-0.2, 0) is 0 Å². The summed E-state index contributed by atoms with van der Waals surface area (Å²) in [6.45, 7) is 0. The van der Waals surface area contributed by atoms with Crippen LogP contribution in [-0.4, -0.2) is 4.98 Å². The Morgan fingerprint density at radius 1 is 0.581 bits per heavy atom. The number of hydrogen-bond donors (Lipinski definition) is 0. The zero-order chi connectivity index (χ0) is 21.0. The molecule has 31 heavy (non-hydrogen) atoms. The molecule has 0 aliphatic carbocycles. The fourth-order valence-electron chi connectivity index (χ4n) is 3.84. The standard InChI is InChI=1S/C28H20ClNS/c29-24-18-16-21(17-19-24)25(20-10-4-1-5-11-20)26-27(22-12-6-2-7-13-22)31-28(30-26)23-14-8-3-9-15-23/h1-19,25H. The first-order chi connectivity index (χ1) is 15.3. The fraction of sp³-hybridized carbons (Fsp3) is 0.0357. The summed E-state index contributed by atoms with van der Waals surface area (Å²) in [5, 5.41) is 1.77. The van der Waals surface area contributed by atoms with Crippen molar-refractivity contribution in [3.05, 3.63) is 137 Å². The molecule has 4 aromatic carbocycles. The molecule has 5 rings (SSSR count). The lowest BCUT2D eigenvalue weighted by Crippen LogP contribution is -2.05. The van der Waals surface area contributed by atoms with E-state index in [0.717, 1.165) is 21.3 Å². The van der Waals surface area contributed by atoms with E-state index in [-0.39, 0.29) is 5.92 Å². The van der Waals surface area contributed by atoms with E-state index in [2.05, 4.69) is 97.1 Å². The molecule has 1 atom stereocenters. The highest BCUT2D eigenvalue weighted by Crippen LogP contribution is 2.43. The molecule has 1 nitrogen and oxygen atoms in total. The van der Waals surface area contributed by atoms with Gasteiger partial charge in [-0.1, -0.05) is 115 Å². The quantitative estimate of drug-likeness (QED) is 0.269. The molecule has 150 valence electrons. The van der Waals surface area contributed by atoms with Crippen LogP contribution in [0.3, 0.4) is 0 Å². The molecule has 0 N–H and O–H groups in total. The Labute approximate surface area is 191 Å². The maximum absolute atomic E-state index is 6.21. The van der Waals surface area contributed by atoms with Crippen LogP contribution >= 0.6 is 22.9 Å². The van der Waals surface area contributed by atoms with Crippen LogP contribution in [0.1, 0.15) is 22.7 Å². The number of thiazole rings is 1. The number of hydrogen-bond acceptors (Lipinski definition) is 2. The van der Waals surface area contributed by atoms with Crippen molar-refractivity contribution in [2.24, 2.45) is 0 Å². The van der Waals surface area contributed by atoms with Crippen molar-refractivity contribution in [3.8, 4) is 21.0 Å². The molecule has 5 aromatic rings. The van der Waals surface area contributed by atoms with Gasteiger partial charge in [-0.25, -0.2) is 4.98 Å². The molecule has 0 fully saturated rings. The second-order valence-corrected chi connectivity index (χ2v) is 8.80. The Morgan fingerprint density at radius 3 is 1.71 bits per heavy atom. The molecule has 0 bridgehead atoms. The van der Waals surface area contributed by atoms with Gasteiger partial charge in [0.2, 0.25) is 0 Å². The summed E-state index contributed by atoms with van der Waals surface area (Å²) in [5.41, 5.74) is 5.79. The molecule has 0 amide bonds. The van der Waals surface area contributed by atoms with Gasteiger partial charge in [0.15, 0.2) is 0 Å². The summed E-state index contributed by atoms with van der Waals surface area (Å²) in [6.07, 6.45) is 0. The van der Waals surface area contributed by atoms with Gasteiger partial charge in [0.25, 0.3) is 0 Å².